The van der Waals surface area contributed by atoms with Gasteiger partial charge in [0, 0.05) is 30.1 Å². The van der Waals surface area contributed by atoms with Gasteiger partial charge in [0.05, 0.1) is 38.6 Å². The second kappa shape index (κ2) is 19.1. The number of carbonyl (C=O) groups excluding carboxylic acids is 1. The van der Waals surface area contributed by atoms with Crippen LogP contribution in [-0.4, -0.2) is 204 Å². The summed E-state index contributed by atoms with van der Waals surface area (Å²) < 4.78 is 41.1. The maximum Gasteiger partial charge on any atom is 0.187 e. The van der Waals surface area contributed by atoms with E-state index >= 15 is 0 Å². The van der Waals surface area contributed by atoms with Gasteiger partial charge in [0.2, 0.25) is 0 Å². The molecule has 4 saturated heterocycles. The fourth-order valence-corrected chi connectivity index (χ4v) is 13.3. The minimum absolute atomic E-state index is 0.0473. The Balaban J connectivity index is 0.869. The highest BCUT2D eigenvalue weighted by Gasteiger charge is 2.71. The van der Waals surface area contributed by atoms with E-state index in [1.807, 2.05) is 13.8 Å². The van der Waals surface area contributed by atoms with Crippen molar-refractivity contribution in [2.24, 2.45) is 46.3 Å². The van der Waals surface area contributed by atoms with Crippen molar-refractivity contribution in [2.45, 2.75) is 189 Å². The van der Waals surface area contributed by atoms with Crippen molar-refractivity contribution in [1.29, 1.82) is 0 Å². The number of ketones is 1. The van der Waals surface area contributed by atoms with E-state index in [0.29, 0.717) is 38.5 Å². The van der Waals surface area contributed by atoms with E-state index in [1.54, 1.807) is 0 Å². The number of Topliss-reactive ketones (excluding diaryl/α,β-unsaturated/α-hetero) is 1. The summed E-state index contributed by atoms with van der Waals surface area (Å²) >= 11 is 0. The highest BCUT2D eigenvalue weighted by atomic mass is 16.7. The number of allylic oxidation sites excluding steroid dienone is 1. The Labute approximate surface area is 378 Å². The topological polar surface area (TPSA) is 324 Å². The molecule has 372 valence electrons. The molecule has 0 unspecified atom stereocenters. The molecule has 0 spiro atoms. The lowest BCUT2D eigenvalue weighted by Gasteiger charge is -2.57. The Kier molecular flexibility index (Phi) is 14.7. The number of fused-ring (bicyclic) bond motifs is 7. The maximum atomic E-state index is 14.6. The van der Waals surface area contributed by atoms with Crippen LogP contribution in [0.4, 0.5) is 0 Å². The lowest BCUT2D eigenvalue weighted by Crippen LogP contribution is -2.65. The van der Waals surface area contributed by atoms with Gasteiger partial charge in [-0.05, 0) is 67.6 Å². The van der Waals surface area contributed by atoms with Gasteiger partial charge < -0.3 is 94.4 Å². The molecule has 0 amide bonds. The van der Waals surface area contributed by atoms with Crippen LogP contribution in [0, 0.1) is 46.3 Å². The smallest absolute Gasteiger partial charge is 0.187 e. The SMILES string of the molecule is C[C@H](CC[C@]1(O)O[C@H]2C[C@H]3[C@@H]4CC=C5C[C@@H](O[C@@H]6O[C@H](CO)[C@H](O[C@@H]7O[C@H](CO)[C@@H](O)[C@H](O)[C@H]7O)[C@H](O)[C@H]6O)CC[C@]5(C)[C@H]4CC(=O)[C@]3(C)[C@H]2[C@@H]1C)CO[C@@H]1O[C@H](CO)[C@@H](O)[C@H](O)[C@H]1O. The third-order valence-electron chi connectivity index (χ3n) is 17.3. The van der Waals surface area contributed by atoms with Gasteiger partial charge in [-0.25, -0.2) is 0 Å². The number of carbonyl (C=O) groups is 1. The number of aliphatic hydroxyl groups is 12. The summed E-state index contributed by atoms with van der Waals surface area (Å²) in [5, 5.41) is 125. The lowest BCUT2D eigenvalue weighted by molar-refractivity contribution is -0.363. The van der Waals surface area contributed by atoms with E-state index in [2.05, 4.69) is 19.9 Å². The van der Waals surface area contributed by atoms with Crippen LogP contribution in [0.3, 0.4) is 0 Å². The van der Waals surface area contributed by atoms with Gasteiger partial charge in [0.15, 0.2) is 24.7 Å². The third kappa shape index (κ3) is 8.60. The molecule has 65 heavy (non-hydrogen) atoms. The van der Waals surface area contributed by atoms with Crippen LogP contribution in [0.25, 0.3) is 0 Å². The Bertz CT molecular complexity index is 1700. The zero-order valence-corrected chi connectivity index (χ0v) is 37.5. The van der Waals surface area contributed by atoms with Crippen molar-refractivity contribution < 1.29 is 99.2 Å². The molecule has 0 radical (unpaired) electrons. The molecule has 12 N–H and O–H groups in total. The van der Waals surface area contributed by atoms with Crippen molar-refractivity contribution in [3.8, 4) is 0 Å². The zero-order chi connectivity index (χ0) is 47.1. The van der Waals surface area contributed by atoms with Gasteiger partial charge in [-0.3, -0.25) is 4.79 Å². The minimum atomic E-state index is -1.78. The molecule has 0 bridgehead atoms. The summed E-state index contributed by atoms with van der Waals surface area (Å²) in [5.74, 6) is -1.61. The first-order valence-electron chi connectivity index (χ1n) is 23.5. The summed E-state index contributed by atoms with van der Waals surface area (Å²) in [6.07, 6.45) is -16.5. The average molecular weight is 933 g/mol. The van der Waals surface area contributed by atoms with E-state index in [0.717, 1.165) is 12.0 Å². The standard InChI is InChI=1S/C45H72O20/c1-18(17-59-40-36(55)33(52)31(50)26(14-46)61-40)7-10-45(58)19(2)30-25(65-45)12-24-22-6-5-20-11-21(8-9-43(20,3)23(22)13-29(49)44(24,30)4)60-41-38(57)35(54)39(28(16-48)63-41)64-42-37(56)34(53)32(51)27(15-47)62-42/h5,18-19,21-28,30-42,46-48,50-58H,6-17H2,1-4H3/t18-,19+,21+,22-,23+,24+,25+,26-,27-,28-,30+,31-,32-,33+,34+,35-,36-,37-,38-,39+,40-,41-,42+,43+,44-,45+/m1/s1. The molecule has 26 atom stereocenters. The lowest BCUT2D eigenvalue weighted by atomic mass is 9.46. The van der Waals surface area contributed by atoms with Gasteiger partial charge in [-0.15, -0.1) is 0 Å². The Morgan fingerprint density at radius 2 is 1.34 bits per heavy atom. The molecule has 0 aromatic heterocycles. The predicted octanol–water partition coefficient (Wildman–Crippen LogP) is -2.68. The number of hydrogen-bond donors (Lipinski definition) is 12. The summed E-state index contributed by atoms with van der Waals surface area (Å²) in [5.41, 5.74) is 0.155. The molecule has 4 aliphatic carbocycles. The molecule has 7 fully saturated rings. The van der Waals surface area contributed by atoms with Crippen LogP contribution in [0.1, 0.15) is 79.1 Å². The molecule has 4 heterocycles. The Hall–Kier alpha value is -1.35. The Morgan fingerprint density at radius 1 is 0.754 bits per heavy atom. The molecule has 4 aliphatic heterocycles. The first-order chi connectivity index (χ1) is 30.7. The molecular weight excluding hydrogens is 860 g/mol. The third-order valence-corrected chi connectivity index (χ3v) is 17.3. The van der Waals surface area contributed by atoms with Crippen molar-refractivity contribution in [2.75, 3.05) is 26.4 Å². The fourth-order valence-electron chi connectivity index (χ4n) is 13.3. The predicted molar refractivity (Wildman–Crippen MR) is 219 cm³/mol. The van der Waals surface area contributed by atoms with E-state index in [1.165, 1.54) is 0 Å². The summed E-state index contributed by atoms with van der Waals surface area (Å²) in [7, 11) is 0. The summed E-state index contributed by atoms with van der Waals surface area (Å²) in [6, 6.07) is 0. The van der Waals surface area contributed by atoms with Crippen LogP contribution in [0.2, 0.25) is 0 Å². The second-order valence-electron chi connectivity index (χ2n) is 20.9. The van der Waals surface area contributed by atoms with E-state index in [9.17, 15) is 66.1 Å². The second-order valence-corrected chi connectivity index (χ2v) is 20.9. The van der Waals surface area contributed by atoms with Crippen molar-refractivity contribution in [3.05, 3.63) is 11.6 Å². The maximum absolute atomic E-state index is 14.6. The highest BCUT2D eigenvalue weighted by molar-refractivity contribution is 5.87. The average Bonchev–Trinajstić information content (AvgIpc) is 3.73. The van der Waals surface area contributed by atoms with Gasteiger partial charge in [0.25, 0.3) is 0 Å². The van der Waals surface area contributed by atoms with Crippen molar-refractivity contribution >= 4 is 5.78 Å². The number of rotatable bonds is 13. The molecule has 3 saturated carbocycles. The quantitative estimate of drug-likeness (QED) is 0.0838. The zero-order valence-electron chi connectivity index (χ0n) is 37.5. The van der Waals surface area contributed by atoms with Crippen LogP contribution in [-0.2, 0) is 38.0 Å². The normalized spacial score (nSPS) is 53.7. The number of aliphatic hydroxyl groups excluding tert-OH is 11. The van der Waals surface area contributed by atoms with Gasteiger partial charge in [-0.2, -0.15) is 0 Å². The monoisotopic (exact) mass is 932 g/mol. The van der Waals surface area contributed by atoms with Gasteiger partial charge in [0.1, 0.15) is 79.0 Å². The van der Waals surface area contributed by atoms with Crippen LogP contribution >= 0.6 is 0 Å². The van der Waals surface area contributed by atoms with Crippen LogP contribution in [0.5, 0.6) is 0 Å². The molecule has 0 aromatic carbocycles. The van der Waals surface area contributed by atoms with Gasteiger partial charge in [-0.1, -0.05) is 39.3 Å². The summed E-state index contributed by atoms with van der Waals surface area (Å²) in [6.45, 7) is 6.34. The van der Waals surface area contributed by atoms with Crippen molar-refractivity contribution in [1.82, 2.24) is 0 Å². The molecule has 0 aromatic rings. The van der Waals surface area contributed by atoms with Crippen LogP contribution in [0.15, 0.2) is 11.6 Å². The first-order valence-corrected chi connectivity index (χ1v) is 23.5. The van der Waals surface area contributed by atoms with Gasteiger partial charge >= 0.3 is 0 Å². The molecule has 8 aliphatic rings. The van der Waals surface area contributed by atoms with E-state index in [-0.39, 0.29) is 65.8 Å². The van der Waals surface area contributed by atoms with Crippen LogP contribution < -0.4 is 0 Å². The number of hydrogen-bond acceptors (Lipinski definition) is 20. The molecule has 8 rings (SSSR count). The molecular formula is C45H72O20. The molecule has 20 nitrogen and oxygen atoms in total. The number of ether oxygens (including phenoxy) is 7. The summed E-state index contributed by atoms with van der Waals surface area (Å²) in [4.78, 5) is 14.6. The minimum Gasteiger partial charge on any atom is -0.394 e. The molecule has 20 heteroatoms. The fraction of sp³-hybridized carbons (Fsp3) is 0.933. The Morgan fingerprint density at radius 3 is 1.98 bits per heavy atom. The first kappa shape index (κ1) is 50.1. The highest BCUT2D eigenvalue weighted by Crippen LogP contribution is 2.69. The van der Waals surface area contributed by atoms with E-state index in [4.69, 9.17) is 33.2 Å². The van der Waals surface area contributed by atoms with E-state index < -0.39 is 129 Å². The van der Waals surface area contributed by atoms with Crippen molar-refractivity contribution in [3.63, 3.8) is 0 Å². The largest absolute Gasteiger partial charge is 0.394 e.